The van der Waals surface area contributed by atoms with Gasteiger partial charge in [0.15, 0.2) is 0 Å². The molecule has 0 saturated carbocycles. The molecule has 1 saturated heterocycles. The van der Waals surface area contributed by atoms with Gasteiger partial charge in [-0.25, -0.2) is 4.39 Å². The van der Waals surface area contributed by atoms with E-state index in [9.17, 15) is 14.0 Å². The highest BCUT2D eigenvalue weighted by molar-refractivity contribution is 5.90. The number of hydrogen-bond donors (Lipinski definition) is 1. The standard InChI is InChI=1S/C19H19FN2O2/c1-13-3-2-4-14(11-13)12-17(23)22-10-9-21-19(24)18(22)15-5-7-16(20)8-6-15/h2-8,11,18H,9-10,12H2,1H3,(H,21,24). The lowest BCUT2D eigenvalue weighted by atomic mass is 10.0. The fourth-order valence-corrected chi connectivity index (χ4v) is 3.01. The molecular weight excluding hydrogens is 307 g/mol. The number of piperazine rings is 1. The van der Waals surface area contributed by atoms with Crippen LogP contribution < -0.4 is 5.32 Å². The zero-order chi connectivity index (χ0) is 17.1. The summed E-state index contributed by atoms with van der Waals surface area (Å²) in [6, 6.07) is 12.8. The maximum atomic E-state index is 13.2. The van der Waals surface area contributed by atoms with Crippen LogP contribution >= 0.6 is 0 Å². The van der Waals surface area contributed by atoms with Gasteiger partial charge in [0.2, 0.25) is 11.8 Å². The maximum absolute atomic E-state index is 13.2. The Hall–Kier alpha value is -2.69. The number of amides is 2. The summed E-state index contributed by atoms with van der Waals surface area (Å²) in [5.74, 6) is -0.706. The van der Waals surface area contributed by atoms with Crippen LogP contribution in [-0.4, -0.2) is 29.8 Å². The Labute approximate surface area is 140 Å². The molecular formula is C19H19FN2O2. The summed E-state index contributed by atoms with van der Waals surface area (Å²) in [6.07, 6.45) is 0.243. The first kappa shape index (κ1) is 16.2. The second-order valence-electron chi connectivity index (χ2n) is 6.00. The van der Waals surface area contributed by atoms with Crippen LogP contribution in [0.25, 0.3) is 0 Å². The Bertz CT molecular complexity index is 758. The topological polar surface area (TPSA) is 49.4 Å². The van der Waals surface area contributed by atoms with Crippen LogP contribution in [-0.2, 0) is 16.0 Å². The second-order valence-corrected chi connectivity index (χ2v) is 6.00. The molecule has 5 heteroatoms. The van der Waals surface area contributed by atoms with Crippen LogP contribution in [0.5, 0.6) is 0 Å². The molecule has 2 aromatic rings. The van der Waals surface area contributed by atoms with E-state index < -0.39 is 6.04 Å². The smallest absolute Gasteiger partial charge is 0.247 e. The molecule has 0 aliphatic carbocycles. The summed E-state index contributed by atoms with van der Waals surface area (Å²) in [7, 11) is 0. The number of aryl methyl sites for hydroxylation is 1. The summed E-state index contributed by atoms with van der Waals surface area (Å²) in [6.45, 7) is 2.85. The van der Waals surface area contributed by atoms with E-state index in [2.05, 4.69) is 5.32 Å². The number of hydrogen-bond acceptors (Lipinski definition) is 2. The lowest BCUT2D eigenvalue weighted by Crippen LogP contribution is -2.52. The minimum Gasteiger partial charge on any atom is -0.352 e. The van der Waals surface area contributed by atoms with Crippen molar-refractivity contribution in [1.82, 2.24) is 10.2 Å². The lowest BCUT2D eigenvalue weighted by Gasteiger charge is -2.35. The van der Waals surface area contributed by atoms with Crippen molar-refractivity contribution in [2.24, 2.45) is 0 Å². The molecule has 0 spiro atoms. The Morgan fingerprint density at radius 2 is 2.00 bits per heavy atom. The predicted octanol–water partition coefficient (Wildman–Crippen LogP) is 2.38. The van der Waals surface area contributed by atoms with Gasteiger partial charge in [0.1, 0.15) is 11.9 Å². The number of halogens is 1. The van der Waals surface area contributed by atoms with Crippen LogP contribution in [0.3, 0.4) is 0 Å². The van der Waals surface area contributed by atoms with Gasteiger partial charge in [-0.1, -0.05) is 42.0 Å². The first-order chi connectivity index (χ1) is 11.5. The van der Waals surface area contributed by atoms with E-state index in [4.69, 9.17) is 0 Å². The minimum atomic E-state index is -0.711. The lowest BCUT2D eigenvalue weighted by molar-refractivity contribution is -0.143. The number of rotatable bonds is 3. The third-order valence-corrected chi connectivity index (χ3v) is 4.16. The van der Waals surface area contributed by atoms with Crippen molar-refractivity contribution in [1.29, 1.82) is 0 Å². The van der Waals surface area contributed by atoms with E-state index in [0.717, 1.165) is 11.1 Å². The third-order valence-electron chi connectivity index (χ3n) is 4.16. The normalized spacial score (nSPS) is 17.5. The van der Waals surface area contributed by atoms with Gasteiger partial charge in [-0.2, -0.15) is 0 Å². The van der Waals surface area contributed by atoms with Crippen molar-refractivity contribution in [3.8, 4) is 0 Å². The monoisotopic (exact) mass is 326 g/mol. The minimum absolute atomic E-state index is 0.107. The maximum Gasteiger partial charge on any atom is 0.247 e. The van der Waals surface area contributed by atoms with Gasteiger partial charge in [-0.15, -0.1) is 0 Å². The molecule has 0 radical (unpaired) electrons. The molecule has 2 amide bonds. The van der Waals surface area contributed by atoms with Crippen molar-refractivity contribution in [3.05, 3.63) is 71.0 Å². The molecule has 1 aliphatic rings. The zero-order valence-electron chi connectivity index (χ0n) is 13.5. The van der Waals surface area contributed by atoms with Crippen molar-refractivity contribution in [3.63, 3.8) is 0 Å². The van der Waals surface area contributed by atoms with Crippen LogP contribution in [0.4, 0.5) is 4.39 Å². The number of nitrogens with one attached hydrogen (secondary N) is 1. The zero-order valence-corrected chi connectivity index (χ0v) is 13.5. The predicted molar refractivity (Wildman–Crippen MR) is 88.7 cm³/mol. The Kier molecular flexibility index (Phi) is 4.60. The number of benzene rings is 2. The average molecular weight is 326 g/mol. The molecule has 2 aromatic carbocycles. The van der Waals surface area contributed by atoms with Crippen LogP contribution in [0.1, 0.15) is 22.7 Å². The van der Waals surface area contributed by atoms with E-state index in [0.29, 0.717) is 18.7 Å². The SMILES string of the molecule is Cc1cccc(CC(=O)N2CCNC(=O)C2c2ccc(F)cc2)c1. The third kappa shape index (κ3) is 3.45. The first-order valence-corrected chi connectivity index (χ1v) is 7.93. The molecule has 124 valence electrons. The van der Waals surface area contributed by atoms with Gasteiger partial charge in [0.05, 0.1) is 6.42 Å². The van der Waals surface area contributed by atoms with Crippen molar-refractivity contribution >= 4 is 11.8 Å². The molecule has 4 nitrogen and oxygen atoms in total. The summed E-state index contributed by atoms with van der Waals surface area (Å²) < 4.78 is 13.2. The van der Waals surface area contributed by atoms with Crippen LogP contribution in [0.2, 0.25) is 0 Å². The molecule has 24 heavy (non-hydrogen) atoms. The van der Waals surface area contributed by atoms with Gasteiger partial charge in [0.25, 0.3) is 0 Å². The Morgan fingerprint density at radius 3 is 2.71 bits per heavy atom. The summed E-state index contributed by atoms with van der Waals surface area (Å²) in [5.41, 5.74) is 2.63. The van der Waals surface area contributed by atoms with E-state index in [-0.39, 0.29) is 24.1 Å². The summed E-state index contributed by atoms with van der Waals surface area (Å²) in [4.78, 5) is 26.6. The second kappa shape index (κ2) is 6.83. The highest BCUT2D eigenvalue weighted by Gasteiger charge is 2.34. The molecule has 1 heterocycles. The Morgan fingerprint density at radius 1 is 1.25 bits per heavy atom. The Balaban J connectivity index is 1.84. The van der Waals surface area contributed by atoms with Gasteiger partial charge in [-0.05, 0) is 30.2 Å². The quantitative estimate of drug-likeness (QED) is 0.941. The highest BCUT2D eigenvalue weighted by atomic mass is 19.1. The summed E-state index contributed by atoms with van der Waals surface area (Å²) >= 11 is 0. The van der Waals surface area contributed by atoms with Gasteiger partial charge in [-0.3, -0.25) is 9.59 Å². The van der Waals surface area contributed by atoms with Gasteiger partial charge in [0, 0.05) is 13.1 Å². The highest BCUT2D eigenvalue weighted by Crippen LogP contribution is 2.24. The number of carbonyl (C=O) groups is 2. The van der Waals surface area contributed by atoms with Gasteiger partial charge < -0.3 is 10.2 Å². The van der Waals surface area contributed by atoms with Crippen molar-refractivity contribution < 1.29 is 14.0 Å². The van der Waals surface area contributed by atoms with Crippen LogP contribution in [0, 0.1) is 12.7 Å². The van der Waals surface area contributed by atoms with E-state index in [1.54, 1.807) is 17.0 Å². The number of nitrogens with zero attached hydrogens (tertiary/aromatic N) is 1. The largest absolute Gasteiger partial charge is 0.352 e. The fraction of sp³-hybridized carbons (Fsp3) is 0.263. The van der Waals surface area contributed by atoms with Crippen LogP contribution in [0.15, 0.2) is 48.5 Å². The molecule has 1 N–H and O–H groups in total. The molecule has 3 rings (SSSR count). The van der Waals surface area contributed by atoms with Crippen molar-refractivity contribution in [2.75, 3.05) is 13.1 Å². The number of carbonyl (C=O) groups excluding carboxylic acids is 2. The average Bonchev–Trinajstić information content (AvgIpc) is 2.55. The molecule has 0 bridgehead atoms. The molecule has 1 atom stereocenters. The molecule has 0 aromatic heterocycles. The summed E-state index contributed by atoms with van der Waals surface area (Å²) in [5, 5.41) is 2.78. The molecule has 1 unspecified atom stereocenters. The molecule has 1 fully saturated rings. The van der Waals surface area contributed by atoms with Crippen molar-refractivity contribution in [2.45, 2.75) is 19.4 Å². The van der Waals surface area contributed by atoms with E-state index in [1.165, 1.54) is 12.1 Å². The first-order valence-electron chi connectivity index (χ1n) is 7.93. The van der Waals surface area contributed by atoms with E-state index >= 15 is 0 Å². The fourth-order valence-electron chi connectivity index (χ4n) is 3.01. The van der Waals surface area contributed by atoms with E-state index in [1.807, 2.05) is 31.2 Å². The molecule has 1 aliphatic heterocycles. The van der Waals surface area contributed by atoms with Gasteiger partial charge >= 0.3 is 0 Å².